The SMILES string of the molecule is COC(OC)C(c1ccc(CCO)cc1)C(OC)OC. The van der Waals surface area contributed by atoms with Crippen LogP contribution in [0.5, 0.6) is 0 Å². The third kappa shape index (κ3) is 4.26. The van der Waals surface area contributed by atoms with Gasteiger partial charge in [0.05, 0.1) is 5.92 Å². The van der Waals surface area contributed by atoms with Gasteiger partial charge < -0.3 is 24.1 Å². The first-order valence-corrected chi connectivity index (χ1v) is 6.52. The summed E-state index contributed by atoms with van der Waals surface area (Å²) in [5, 5.41) is 8.95. The van der Waals surface area contributed by atoms with Gasteiger partial charge in [-0.3, -0.25) is 0 Å². The Morgan fingerprint density at radius 3 is 1.65 bits per heavy atom. The molecular formula is C15H24O5. The number of ether oxygens (including phenoxy) is 4. The topological polar surface area (TPSA) is 57.2 Å². The number of benzene rings is 1. The maximum Gasteiger partial charge on any atom is 0.168 e. The number of aliphatic hydroxyl groups excluding tert-OH is 1. The zero-order chi connectivity index (χ0) is 15.0. The molecule has 114 valence electrons. The molecule has 5 nitrogen and oxygen atoms in total. The standard InChI is InChI=1S/C15H24O5/c1-17-14(18-2)13(15(19-3)20-4)12-7-5-11(6-8-12)9-10-16/h5-8,13-16H,9-10H2,1-4H3. The van der Waals surface area contributed by atoms with E-state index in [1.807, 2.05) is 24.3 Å². The molecular weight excluding hydrogens is 260 g/mol. The lowest BCUT2D eigenvalue weighted by atomic mass is 9.96. The summed E-state index contributed by atoms with van der Waals surface area (Å²) in [6.45, 7) is 0.139. The first kappa shape index (κ1) is 17.1. The summed E-state index contributed by atoms with van der Waals surface area (Å²) in [6, 6.07) is 7.91. The molecule has 0 saturated heterocycles. The van der Waals surface area contributed by atoms with E-state index < -0.39 is 12.6 Å². The molecule has 0 unspecified atom stereocenters. The van der Waals surface area contributed by atoms with Crippen LogP contribution in [0.1, 0.15) is 17.0 Å². The van der Waals surface area contributed by atoms with Crippen LogP contribution in [0.4, 0.5) is 0 Å². The van der Waals surface area contributed by atoms with Crippen LogP contribution in [-0.2, 0) is 25.4 Å². The van der Waals surface area contributed by atoms with Crippen molar-refractivity contribution in [3.8, 4) is 0 Å². The van der Waals surface area contributed by atoms with Gasteiger partial charge >= 0.3 is 0 Å². The van der Waals surface area contributed by atoms with Crippen molar-refractivity contribution in [1.82, 2.24) is 0 Å². The summed E-state index contributed by atoms with van der Waals surface area (Å²) in [7, 11) is 6.35. The molecule has 0 spiro atoms. The van der Waals surface area contributed by atoms with Gasteiger partial charge in [0.15, 0.2) is 12.6 Å². The molecule has 1 aromatic rings. The van der Waals surface area contributed by atoms with Gasteiger partial charge in [0.1, 0.15) is 0 Å². The van der Waals surface area contributed by atoms with E-state index in [4.69, 9.17) is 24.1 Å². The van der Waals surface area contributed by atoms with Crippen LogP contribution in [0.3, 0.4) is 0 Å². The summed E-state index contributed by atoms with van der Waals surface area (Å²) >= 11 is 0. The molecule has 0 aliphatic carbocycles. The molecule has 0 heterocycles. The Hall–Kier alpha value is -0.980. The van der Waals surface area contributed by atoms with Crippen LogP contribution < -0.4 is 0 Å². The van der Waals surface area contributed by atoms with Crippen molar-refractivity contribution in [3.63, 3.8) is 0 Å². The van der Waals surface area contributed by atoms with Crippen LogP contribution in [0.25, 0.3) is 0 Å². The van der Waals surface area contributed by atoms with E-state index in [9.17, 15) is 0 Å². The average molecular weight is 284 g/mol. The van der Waals surface area contributed by atoms with Gasteiger partial charge in [0, 0.05) is 35.0 Å². The van der Waals surface area contributed by atoms with Gasteiger partial charge in [0.2, 0.25) is 0 Å². The van der Waals surface area contributed by atoms with Crippen molar-refractivity contribution in [2.75, 3.05) is 35.0 Å². The minimum atomic E-state index is -0.469. The Labute approximate surface area is 120 Å². The van der Waals surface area contributed by atoms with Gasteiger partial charge in [-0.05, 0) is 17.5 Å². The fourth-order valence-electron chi connectivity index (χ4n) is 2.26. The van der Waals surface area contributed by atoms with Crippen molar-refractivity contribution in [2.45, 2.75) is 24.9 Å². The van der Waals surface area contributed by atoms with E-state index in [2.05, 4.69) is 0 Å². The smallest absolute Gasteiger partial charge is 0.168 e. The van der Waals surface area contributed by atoms with E-state index in [0.717, 1.165) is 11.1 Å². The quantitative estimate of drug-likeness (QED) is 0.697. The molecule has 0 fully saturated rings. The molecule has 1 aromatic carbocycles. The number of hydrogen-bond acceptors (Lipinski definition) is 5. The van der Waals surface area contributed by atoms with Crippen LogP contribution in [0.15, 0.2) is 24.3 Å². The summed E-state index contributed by atoms with van der Waals surface area (Å²) in [4.78, 5) is 0. The fourth-order valence-corrected chi connectivity index (χ4v) is 2.26. The lowest BCUT2D eigenvalue weighted by molar-refractivity contribution is -0.196. The highest BCUT2D eigenvalue weighted by molar-refractivity contribution is 5.26. The zero-order valence-corrected chi connectivity index (χ0v) is 12.5. The van der Waals surface area contributed by atoms with Crippen LogP contribution in [0.2, 0.25) is 0 Å². The molecule has 0 aliphatic rings. The largest absolute Gasteiger partial charge is 0.396 e. The normalized spacial score (nSPS) is 11.8. The molecule has 0 aliphatic heterocycles. The highest BCUT2D eigenvalue weighted by atomic mass is 16.7. The number of methoxy groups -OCH3 is 4. The summed E-state index contributed by atoms with van der Waals surface area (Å²) in [5.41, 5.74) is 2.07. The van der Waals surface area contributed by atoms with Crippen molar-refractivity contribution in [3.05, 3.63) is 35.4 Å². The van der Waals surface area contributed by atoms with E-state index in [0.29, 0.717) is 6.42 Å². The second-order valence-corrected chi connectivity index (χ2v) is 4.42. The van der Waals surface area contributed by atoms with Crippen molar-refractivity contribution in [1.29, 1.82) is 0 Å². The van der Waals surface area contributed by atoms with Crippen LogP contribution >= 0.6 is 0 Å². The Balaban J connectivity index is 3.02. The van der Waals surface area contributed by atoms with Gasteiger partial charge in [-0.25, -0.2) is 0 Å². The molecule has 0 radical (unpaired) electrons. The van der Waals surface area contributed by atoms with Crippen molar-refractivity contribution < 1.29 is 24.1 Å². The number of aliphatic hydroxyl groups is 1. The molecule has 0 saturated carbocycles. The minimum Gasteiger partial charge on any atom is -0.396 e. The van der Waals surface area contributed by atoms with Gasteiger partial charge in [-0.2, -0.15) is 0 Å². The molecule has 20 heavy (non-hydrogen) atoms. The summed E-state index contributed by atoms with van der Waals surface area (Å²) in [6.07, 6.45) is -0.298. The Kier molecular flexibility index (Phi) is 7.72. The zero-order valence-electron chi connectivity index (χ0n) is 12.5. The highest BCUT2D eigenvalue weighted by Crippen LogP contribution is 2.28. The average Bonchev–Trinajstić information content (AvgIpc) is 2.49. The highest BCUT2D eigenvalue weighted by Gasteiger charge is 2.31. The number of hydrogen-bond donors (Lipinski definition) is 1. The van der Waals surface area contributed by atoms with E-state index in [-0.39, 0.29) is 12.5 Å². The predicted octanol–water partition coefficient (Wildman–Crippen LogP) is 1.54. The second-order valence-electron chi connectivity index (χ2n) is 4.42. The molecule has 5 heteroatoms. The van der Waals surface area contributed by atoms with Gasteiger partial charge in [0.25, 0.3) is 0 Å². The van der Waals surface area contributed by atoms with Crippen molar-refractivity contribution >= 4 is 0 Å². The molecule has 0 bridgehead atoms. The monoisotopic (exact) mass is 284 g/mol. The van der Waals surface area contributed by atoms with Crippen LogP contribution in [0, 0.1) is 0 Å². The maximum atomic E-state index is 8.95. The third-order valence-electron chi connectivity index (χ3n) is 3.28. The third-order valence-corrected chi connectivity index (χ3v) is 3.28. The first-order valence-electron chi connectivity index (χ1n) is 6.52. The second kappa shape index (κ2) is 9.05. The Morgan fingerprint density at radius 2 is 1.30 bits per heavy atom. The molecule has 0 atom stereocenters. The Morgan fingerprint density at radius 1 is 0.850 bits per heavy atom. The minimum absolute atomic E-state index is 0.139. The fraction of sp³-hybridized carbons (Fsp3) is 0.600. The Bertz CT molecular complexity index is 345. The summed E-state index contributed by atoms with van der Waals surface area (Å²) < 4.78 is 21.4. The van der Waals surface area contributed by atoms with Crippen molar-refractivity contribution in [2.24, 2.45) is 0 Å². The molecule has 1 rings (SSSR count). The predicted molar refractivity (Wildman–Crippen MR) is 75.6 cm³/mol. The van der Waals surface area contributed by atoms with Gasteiger partial charge in [-0.1, -0.05) is 24.3 Å². The van der Waals surface area contributed by atoms with Gasteiger partial charge in [-0.15, -0.1) is 0 Å². The lowest BCUT2D eigenvalue weighted by Gasteiger charge is -2.30. The molecule has 0 amide bonds. The van der Waals surface area contributed by atoms with E-state index in [1.54, 1.807) is 28.4 Å². The number of rotatable bonds is 9. The lowest BCUT2D eigenvalue weighted by Crippen LogP contribution is -2.35. The summed E-state index contributed by atoms with van der Waals surface area (Å²) in [5.74, 6) is -0.205. The van der Waals surface area contributed by atoms with E-state index in [1.165, 1.54) is 0 Å². The first-order chi connectivity index (χ1) is 9.71. The van der Waals surface area contributed by atoms with E-state index >= 15 is 0 Å². The maximum absolute atomic E-state index is 8.95. The van der Waals surface area contributed by atoms with Crippen LogP contribution in [-0.4, -0.2) is 52.7 Å². The molecule has 1 N–H and O–H groups in total. The molecule has 0 aromatic heterocycles.